The van der Waals surface area contributed by atoms with E-state index >= 15 is 0 Å². The van der Waals surface area contributed by atoms with Crippen molar-refractivity contribution in [3.63, 3.8) is 0 Å². The van der Waals surface area contributed by atoms with Crippen LogP contribution < -0.4 is 0 Å². The van der Waals surface area contributed by atoms with Gasteiger partial charge in [-0.2, -0.15) is 11.8 Å². The second kappa shape index (κ2) is 4.13. The average Bonchev–Trinajstić information content (AvgIpc) is 2.32. The van der Waals surface area contributed by atoms with Gasteiger partial charge in [-0.3, -0.25) is 0 Å². The summed E-state index contributed by atoms with van der Waals surface area (Å²) in [5.74, 6) is 2.23. The Balaban J connectivity index is 2.25. The highest BCUT2D eigenvalue weighted by atomic mass is 32.2. The normalized spacial score (nSPS) is 41.8. The average molecular weight is 272 g/mol. The van der Waals surface area contributed by atoms with Gasteiger partial charge in [0.25, 0.3) is 0 Å². The summed E-state index contributed by atoms with van der Waals surface area (Å²) in [4.78, 5) is 0. The van der Waals surface area contributed by atoms with Gasteiger partial charge in [-0.25, -0.2) is 0 Å². The molecule has 2 atom stereocenters. The molecule has 106 valence electrons. The van der Waals surface area contributed by atoms with E-state index in [2.05, 4.69) is 41.5 Å². The topological polar surface area (TPSA) is 29.5 Å². The van der Waals surface area contributed by atoms with Crippen molar-refractivity contribution in [1.82, 2.24) is 0 Å². The molecule has 2 rings (SSSR count). The highest BCUT2D eigenvalue weighted by Gasteiger charge is 2.56. The van der Waals surface area contributed by atoms with Gasteiger partial charge >= 0.3 is 0 Å². The van der Waals surface area contributed by atoms with Gasteiger partial charge in [0.15, 0.2) is 0 Å². The molecule has 2 nitrogen and oxygen atoms in total. The smallest absolute Gasteiger partial charge is 0.0799 e. The maximum Gasteiger partial charge on any atom is 0.0799 e. The van der Waals surface area contributed by atoms with Crippen molar-refractivity contribution in [2.24, 2.45) is 11.3 Å². The van der Waals surface area contributed by atoms with Gasteiger partial charge in [0, 0.05) is 11.7 Å². The predicted molar refractivity (Wildman–Crippen MR) is 78.0 cm³/mol. The summed E-state index contributed by atoms with van der Waals surface area (Å²) in [5, 5.41) is 11.2. The zero-order chi connectivity index (χ0) is 13.8. The number of rotatable bonds is 1. The second-order valence-corrected chi connectivity index (χ2v) is 9.14. The first-order chi connectivity index (χ1) is 7.96. The lowest BCUT2D eigenvalue weighted by Crippen LogP contribution is -2.53. The maximum atomic E-state index is 11.2. The molecule has 0 aromatic heterocycles. The van der Waals surface area contributed by atoms with E-state index in [0.717, 1.165) is 24.3 Å². The fourth-order valence-corrected chi connectivity index (χ4v) is 5.47. The lowest BCUT2D eigenvalue weighted by molar-refractivity contribution is -0.116. The van der Waals surface area contributed by atoms with Crippen molar-refractivity contribution in [2.45, 2.75) is 71.2 Å². The Bertz CT molecular complexity index is 335. The van der Waals surface area contributed by atoms with Crippen LogP contribution in [0.15, 0.2) is 0 Å². The van der Waals surface area contributed by atoms with E-state index in [1.807, 2.05) is 11.8 Å². The molecule has 2 aliphatic heterocycles. The zero-order valence-corrected chi connectivity index (χ0v) is 13.5. The van der Waals surface area contributed by atoms with Crippen LogP contribution in [0, 0.1) is 11.3 Å². The number of thioether (sulfide) groups is 1. The van der Waals surface area contributed by atoms with Crippen LogP contribution in [0.3, 0.4) is 0 Å². The molecule has 0 amide bonds. The molecule has 2 heterocycles. The van der Waals surface area contributed by atoms with Gasteiger partial charge < -0.3 is 9.84 Å². The molecule has 0 aliphatic carbocycles. The van der Waals surface area contributed by atoms with Crippen molar-refractivity contribution in [1.29, 1.82) is 0 Å². The van der Waals surface area contributed by atoms with Crippen LogP contribution in [0.25, 0.3) is 0 Å². The van der Waals surface area contributed by atoms with Gasteiger partial charge in [-0.05, 0) is 51.7 Å². The summed E-state index contributed by atoms with van der Waals surface area (Å²) in [6.45, 7) is 13.1. The summed E-state index contributed by atoms with van der Waals surface area (Å²) in [7, 11) is 0. The zero-order valence-electron chi connectivity index (χ0n) is 12.7. The minimum atomic E-state index is -0.580. The third kappa shape index (κ3) is 2.73. The van der Waals surface area contributed by atoms with Gasteiger partial charge in [-0.15, -0.1) is 0 Å². The summed E-state index contributed by atoms with van der Waals surface area (Å²) in [5.41, 5.74) is -0.702. The fraction of sp³-hybridized carbons (Fsp3) is 1.00. The van der Waals surface area contributed by atoms with Gasteiger partial charge in [0.2, 0.25) is 0 Å². The van der Waals surface area contributed by atoms with Crippen molar-refractivity contribution >= 4 is 11.8 Å². The van der Waals surface area contributed by atoms with Gasteiger partial charge in [-0.1, -0.05) is 13.8 Å². The predicted octanol–water partition coefficient (Wildman–Crippen LogP) is 3.47. The van der Waals surface area contributed by atoms with E-state index in [9.17, 15) is 5.11 Å². The Hall–Kier alpha value is 0.270. The molecule has 2 fully saturated rings. The molecule has 0 saturated carbocycles. The molecule has 2 unspecified atom stereocenters. The van der Waals surface area contributed by atoms with Crippen molar-refractivity contribution in [2.75, 3.05) is 11.5 Å². The van der Waals surface area contributed by atoms with E-state index < -0.39 is 5.60 Å². The molecule has 0 aromatic rings. The van der Waals surface area contributed by atoms with Crippen LogP contribution in [-0.4, -0.2) is 33.4 Å². The summed E-state index contributed by atoms with van der Waals surface area (Å²) < 4.78 is 6.17. The third-order valence-electron chi connectivity index (χ3n) is 4.35. The SMILES string of the molecule is CC1(C)CSCC(O)(C2CC(C)(C)OC2(C)C)C1. The van der Waals surface area contributed by atoms with Crippen LogP contribution in [0.5, 0.6) is 0 Å². The molecular weight excluding hydrogens is 244 g/mol. The van der Waals surface area contributed by atoms with Gasteiger partial charge in [0.05, 0.1) is 16.8 Å². The number of ether oxygens (including phenoxy) is 1. The Kier molecular flexibility index (Phi) is 3.37. The lowest BCUT2D eigenvalue weighted by Gasteiger charge is -2.47. The Morgan fingerprint density at radius 2 is 1.67 bits per heavy atom. The van der Waals surface area contributed by atoms with E-state index in [-0.39, 0.29) is 22.5 Å². The standard InChI is InChI=1S/C15H28O2S/c1-12(2)8-15(16,10-18-9-12)11-7-13(3,4)17-14(11,5)6/h11,16H,7-10H2,1-6H3. The Morgan fingerprint density at radius 3 is 2.11 bits per heavy atom. The second-order valence-electron chi connectivity index (χ2n) is 8.16. The number of aliphatic hydroxyl groups is 1. The van der Waals surface area contributed by atoms with Gasteiger partial charge in [0.1, 0.15) is 0 Å². The van der Waals surface area contributed by atoms with E-state index in [1.165, 1.54) is 0 Å². The van der Waals surface area contributed by atoms with E-state index in [4.69, 9.17) is 4.74 Å². The van der Waals surface area contributed by atoms with Crippen molar-refractivity contribution < 1.29 is 9.84 Å². The van der Waals surface area contributed by atoms with Crippen LogP contribution in [-0.2, 0) is 4.74 Å². The highest BCUT2D eigenvalue weighted by Crippen LogP contribution is 2.53. The first-order valence-electron chi connectivity index (χ1n) is 6.96. The van der Waals surface area contributed by atoms with Crippen LogP contribution in [0.4, 0.5) is 0 Å². The van der Waals surface area contributed by atoms with Crippen LogP contribution in [0.1, 0.15) is 54.4 Å². The Labute approximate surface area is 116 Å². The summed E-state index contributed by atoms with van der Waals surface area (Å²) in [6.07, 6.45) is 1.84. The van der Waals surface area contributed by atoms with Crippen LogP contribution >= 0.6 is 11.8 Å². The molecule has 0 aromatic carbocycles. The Morgan fingerprint density at radius 1 is 1.06 bits per heavy atom. The fourth-order valence-electron chi connectivity index (χ4n) is 4.06. The quantitative estimate of drug-likeness (QED) is 0.792. The highest BCUT2D eigenvalue weighted by molar-refractivity contribution is 7.99. The first-order valence-corrected chi connectivity index (χ1v) is 8.12. The summed E-state index contributed by atoms with van der Waals surface area (Å²) in [6, 6.07) is 0. The maximum absolute atomic E-state index is 11.2. The minimum absolute atomic E-state index is 0.115. The van der Waals surface area contributed by atoms with E-state index in [1.54, 1.807) is 0 Å². The van der Waals surface area contributed by atoms with Crippen LogP contribution in [0.2, 0.25) is 0 Å². The molecule has 1 N–H and O–H groups in total. The lowest BCUT2D eigenvalue weighted by atomic mass is 9.69. The molecule has 0 radical (unpaired) electrons. The summed E-state index contributed by atoms with van der Waals surface area (Å²) >= 11 is 1.89. The first kappa shape index (κ1) is 14.7. The third-order valence-corrected chi connectivity index (χ3v) is 6.04. The monoisotopic (exact) mass is 272 g/mol. The minimum Gasteiger partial charge on any atom is -0.389 e. The van der Waals surface area contributed by atoms with E-state index in [0.29, 0.717) is 0 Å². The number of hydrogen-bond acceptors (Lipinski definition) is 3. The van der Waals surface area contributed by atoms with Crippen molar-refractivity contribution in [3.05, 3.63) is 0 Å². The molecule has 2 saturated heterocycles. The molecule has 18 heavy (non-hydrogen) atoms. The molecule has 0 bridgehead atoms. The molecule has 0 spiro atoms. The molecule has 3 heteroatoms. The molecular formula is C15H28O2S. The van der Waals surface area contributed by atoms with Crippen molar-refractivity contribution in [3.8, 4) is 0 Å². The number of hydrogen-bond donors (Lipinski definition) is 1. The largest absolute Gasteiger partial charge is 0.389 e. The molecule has 2 aliphatic rings.